The van der Waals surface area contributed by atoms with Gasteiger partial charge in [0.15, 0.2) is 0 Å². The number of carbonyl (C=O) groups is 1. The van der Waals surface area contributed by atoms with Gasteiger partial charge in [-0.1, -0.05) is 6.58 Å². The molecule has 0 bridgehead atoms. The van der Waals surface area contributed by atoms with E-state index in [1.54, 1.807) is 13.8 Å². The van der Waals surface area contributed by atoms with E-state index in [-0.39, 0.29) is 0 Å². The van der Waals surface area contributed by atoms with E-state index in [2.05, 4.69) is 11.4 Å². The van der Waals surface area contributed by atoms with Crippen LogP contribution >= 0.6 is 0 Å². The molecule has 0 rings (SSSR count). The van der Waals surface area contributed by atoms with Crippen LogP contribution in [0.25, 0.3) is 0 Å². The van der Waals surface area contributed by atoms with Crippen LogP contribution in [0.1, 0.15) is 13.8 Å². The molecule has 0 aliphatic rings. The van der Waals surface area contributed by atoms with Gasteiger partial charge in [-0.2, -0.15) is 5.21 Å². The van der Waals surface area contributed by atoms with Crippen molar-refractivity contribution in [2.45, 2.75) is 13.8 Å². The third kappa shape index (κ3) is 3.15. The van der Waals surface area contributed by atoms with Crippen LogP contribution < -0.4 is 0 Å². The van der Waals surface area contributed by atoms with E-state index in [4.69, 9.17) is 0 Å². The standard InChI is InChI=1S/C7H14NO3/c1-4-7(9)11-8(10,5-2)6-3/h4,10H,1,5-6H2,2-3H3/q+1. The van der Waals surface area contributed by atoms with E-state index in [0.717, 1.165) is 6.08 Å². The summed E-state index contributed by atoms with van der Waals surface area (Å²) < 4.78 is 0. The van der Waals surface area contributed by atoms with Crippen LogP contribution in [0, 0.1) is 0 Å². The second-order valence-corrected chi connectivity index (χ2v) is 2.09. The topological polar surface area (TPSA) is 46.5 Å². The van der Waals surface area contributed by atoms with Gasteiger partial charge in [-0.25, -0.2) is 9.63 Å². The zero-order valence-electron chi connectivity index (χ0n) is 6.91. The molecule has 0 saturated heterocycles. The molecule has 0 spiro atoms. The van der Waals surface area contributed by atoms with Crippen LogP contribution in [-0.4, -0.2) is 29.1 Å². The number of quaternary nitrogens is 1. The Morgan fingerprint density at radius 2 is 2.09 bits per heavy atom. The first-order valence-electron chi connectivity index (χ1n) is 3.53. The molecular formula is C7H14NO3+. The van der Waals surface area contributed by atoms with Gasteiger partial charge in [0.2, 0.25) is 0 Å². The lowest BCUT2D eigenvalue weighted by molar-refractivity contribution is -1.23. The average Bonchev–Trinajstić information content (AvgIpc) is 2.04. The number of hydroxylamine groups is 4. The van der Waals surface area contributed by atoms with Crippen LogP contribution in [0.2, 0.25) is 0 Å². The molecule has 0 saturated carbocycles. The monoisotopic (exact) mass is 160 g/mol. The van der Waals surface area contributed by atoms with Crippen molar-refractivity contribution in [3.63, 3.8) is 0 Å². The first-order chi connectivity index (χ1) is 5.08. The summed E-state index contributed by atoms with van der Waals surface area (Å²) in [5.41, 5.74) is 0. The third-order valence-electron chi connectivity index (χ3n) is 1.41. The van der Waals surface area contributed by atoms with E-state index < -0.39 is 10.8 Å². The molecule has 1 N–H and O–H groups in total. The predicted octanol–water partition coefficient (Wildman–Crippen LogP) is 0.876. The normalized spacial score (nSPS) is 10.8. The maximum atomic E-state index is 10.6. The molecule has 0 aliphatic heterocycles. The Kier molecular flexibility index (Phi) is 3.78. The Balaban J connectivity index is 4.06. The lowest BCUT2D eigenvalue weighted by Crippen LogP contribution is -2.45. The molecule has 0 aliphatic carbocycles. The molecule has 0 aromatic rings. The van der Waals surface area contributed by atoms with E-state index in [1.165, 1.54) is 0 Å². The first-order valence-corrected chi connectivity index (χ1v) is 3.53. The molecule has 4 nitrogen and oxygen atoms in total. The van der Waals surface area contributed by atoms with Gasteiger partial charge in [0.25, 0.3) is 0 Å². The summed E-state index contributed by atoms with van der Waals surface area (Å²) in [6.07, 6.45) is 1.02. The maximum absolute atomic E-state index is 10.6. The van der Waals surface area contributed by atoms with Crippen LogP contribution in [0.3, 0.4) is 0 Å². The number of nitrogens with zero attached hydrogens (tertiary/aromatic N) is 1. The van der Waals surface area contributed by atoms with Gasteiger partial charge in [0.1, 0.15) is 13.1 Å². The van der Waals surface area contributed by atoms with Crippen molar-refractivity contribution in [2.75, 3.05) is 13.1 Å². The lowest BCUT2D eigenvalue weighted by Gasteiger charge is -2.22. The highest BCUT2D eigenvalue weighted by Crippen LogP contribution is 2.02. The molecule has 0 radical (unpaired) electrons. The summed E-state index contributed by atoms with van der Waals surface area (Å²) in [5.74, 6) is -0.615. The molecule has 4 heteroatoms. The zero-order chi connectivity index (χ0) is 8.91. The second-order valence-electron chi connectivity index (χ2n) is 2.09. The fraction of sp³-hybridized carbons (Fsp3) is 0.571. The van der Waals surface area contributed by atoms with Crippen molar-refractivity contribution in [3.05, 3.63) is 12.7 Å². The van der Waals surface area contributed by atoms with Crippen LogP contribution in [0.15, 0.2) is 12.7 Å². The third-order valence-corrected chi connectivity index (χ3v) is 1.41. The fourth-order valence-corrected chi connectivity index (χ4v) is 0.557. The molecule has 64 valence electrons. The molecule has 11 heavy (non-hydrogen) atoms. The molecule has 0 aromatic carbocycles. The van der Waals surface area contributed by atoms with Gasteiger partial charge < -0.3 is 0 Å². The van der Waals surface area contributed by atoms with Crippen molar-refractivity contribution >= 4 is 5.97 Å². The van der Waals surface area contributed by atoms with E-state index in [0.29, 0.717) is 13.1 Å². The summed E-state index contributed by atoms with van der Waals surface area (Å²) >= 11 is 0. The largest absolute Gasteiger partial charge is 0.394 e. The van der Waals surface area contributed by atoms with Crippen LogP contribution in [-0.2, 0) is 9.63 Å². The summed E-state index contributed by atoms with van der Waals surface area (Å²) in [4.78, 5) is 14.6. The Labute approximate surface area is 66.2 Å². The average molecular weight is 160 g/mol. The smallest absolute Gasteiger partial charge is 0.240 e. The zero-order valence-corrected chi connectivity index (χ0v) is 6.91. The quantitative estimate of drug-likeness (QED) is 0.377. The summed E-state index contributed by atoms with van der Waals surface area (Å²) in [6.45, 7) is 7.32. The Morgan fingerprint density at radius 3 is 2.36 bits per heavy atom. The Hall–Kier alpha value is -0.870. The summed E-state index contributed by atoms with van der Waals surface area (Å²) in [6, 6.07) is 0. The highest BCUT2D eigenvalue weighted by Gasteiger charge is 2.25. The molecule has 0 heterocycles. The predicted molar refractivity (Wildman–Crippen MR) is 39.4 cm³/mol. The number of hydrogen-bond acceptors (Lipinski definition) is 3. The molecule has 0 fully saturated rings. The second kappa shape index (κ2) is 4.10. The SMILES string of the molecule is C=CC(=O)O[N+](O)(CC)CC. The first kappa shape index (κ1) is 10.1. The molecule has 0 amide bonds. The minimum atomic E-state index is -0.690. The van der Waals surface area contributed by atoms with Crippen molar-refractivity contribution in [2.24, 2.45) is 0 Å². The van der Waals surface area contributed by atoms with E-state index >= 15 is 0 Å². The fourth-order valence-electron chi connectivity index (χ4n) is 0.557. The van der Waals surface area contributed by atoms with Gasteiger partial charge in [-0.15, -0.1) is 0 Å². The van der Waals surface area contributed by atoms with Gasteiger partial charge in [-0.05, 0) is 18.7 Å². The van der Waals surface area contributed by atoms with Crippen LogP contribution in [0.5, 0.6) is 0 Å². The highest BCUT2D eigenvalue weighted by atomic mass is 16.9. The Morgan fingerprint density at radius 1 is 1.64 bits per heavy atom. The van der Waals surface area contributed by atoms with Crippen molar-refractivity contribution in [3.8, 4) is 0 Å². The molecule has 0 aromatic heterocycles. The van der Waals surface area contributed by atoms with E-state index in [9.17, 15) is 10.0 Å². The van der Waals surface area contributed by atoms with Gasteiger partial charge in [0.05, 0.1) is 0 Å². The van der Waals surface area contributed by atoms with E-state index in [1.807, 2.05) is 0 Å². The number of hydrogen-bond donors (Lipinski definition) is 1. The minimum Gasteiger partial charge on any atom is -0.240 e. The number of carbonyl (C=O) groups excluding carboxylic acids is 1. The van der Waals surface area contributed by atoms with Gasteiger partial charge >= 0.3 is 5.97 Å². The van der Waals surface area contributed by atoms with Crippen molar-refractivity contribution < 1.29 is 19.6 Å². The van der Waals surface area contributed by atoms with Crippen molar-refractivity contribution in [1.29, 1.82) is 0 Å². The lowest BCUT2D eigenvalue weighted by atomic mass is 10.6. The molecule has 0 unspecified atom stereocenters. The van der Waals surface area contributed by atoms with Gasteiger partial charge in [0, 0.05) is 6.08 Å². The highest BCUT2D eigenvalue weighted by molar-refractivity contribution is 5.80. The minimum absolute atomic E-state index is 0.329. The number of rotatable bonds is 4. The summed E-state index contributed by atoms with van der Waals surface area (Å²) in [5, 5.41) is 9.38. The maximum Gasteiger partial charge on any atom is 0.394 e. The van der Waals surface area contributed by atoms with Crippen LogP contribution in [0.4, 0.5) is 0 Å². The summed E-state index contributed by atoms with van der Waals surface area (Å²) in [7, 11) is 0. The van der Waals surface area contributed by atoms with Gasteiger partial charge in [-0.3, -0.25) is 0 Å². The Bertz CT molecular complexity index is 152. The van der Waals surface area contributed by atoms with Crippen molar-refractivity contribution in [1.82, 2.24) is 0 Å². The molecule has 0 atom stereocenters. The molecular weight excluding hydrogens is 146 g/mol.